The Hall–Kier alpha value is -2.75. The summed E-state index contributed by atoms with van der Waals surface area (Å²) in [6.45, 7) is 0. The van der Waals surface area contributed by atoms with Crippen molar-refractivity contribution in [3.05, 3.63) is 64.9 Å². The molecule has 0 aliphatic carbocycles. The number of aromatic nitrogens is 5. The highest BCUT2D eigenvalue weighted by Gasteiger charge is 2.22. The predicted octanol–water partition coefficient (Wildman–Crippen LogP) is 4.38. The van der Waals surface area contributed by atoms with Gasteiger partial charge < -0.3 is 4.74 Å². The van der Waals surface area contributed by atoms with Crippen molar-refractivity contribution in [2.45, 2.75) is 9.50 Å². The Bertz CT molecular complexity index is 1120. The number of nitrogens with zero attached hydrogens (tertiary/aromatic N) is 5. The molecule has 0 saturated heterocycles. The topological polar surface area (TPSA) is 82.8 Å². The summed E-state index contributed by atoms with van der Waals surface area (Å²) >= 11 is 8.50. The number of esters is 1. The summed E-state index contributed by atoms with van der Waals surface area (Å²) in [6.07, 6.45) is 3.43. The summed E-state index contributed by atoms with van der Waals surface area (Å²) in [4.78, 5) is 20.5. The maximum Gasteiger partial charge on any atom is 0.351 e. The van der Waals surface area contributed by atoms with Crippen molar-refractivity contribution in [3.8, 4) is 17.1 Å². The van der Waals surface area contributed by atoms with E-state index in [0.29, 0.717) is 15.3 Å². The van der Waals surface area contributed by atoms with Gasteiger partial charge in [-0.15, -0.1) is 10.2 Å². The zero-order chi connectivity index (χ0) is 19.5. The van der Waals surface area contributed by atoms with Gasteiger partial charge in [-0.05, 0) is 36.0 Å². The quantitative estimate of drug-likeness (QED) is 0.435. The molecule has 0 bridgehead atoms. The van der Waals surface area contributed by atoms with Gasteiger partial charge in [0.2, 0.25) is 5.16 Å². The first-order chi connectivity index (χ1) is 13.7. The van der Waals surface area contributed by atoms with E-state index in [1.54, 1.807) is 12.4 Å². The lowest BCUT2D eigenvalue weighted by Crippen LogP contribution is -1.99. The molecule has 0 fully saturated rings. The molecule has 0 spiro atoms. The number of hydrogen-bond acceptors (Lipinski definition) is 8. The van der Waals surface area contributed by atoms with Crippen molar-refractivity contribution in [2.75, 3.05) is 7.11 Å². The van der Waals surface area contributed by atoms with Crippen LogP contribution in [0.2, 0.25) is 5.15 Å². The fourth-order valence-electron chi connectivity index (χ4n) is 2.45. The number of thiazole rings is 1. The molecule has 0 unspecified atom stereocenters. The first kappa shape index (κ1) is 18.6. The number of rotatable bonds is 5. The molecule has 28 heavy (non-hydrogen) atoms. The number of hydrogen-bond donors (Lipinski definition) is 0. The molecule has 0 N–H and O–H groups in total. The van der Waals surface area contributed by atoms with Crippen molar-refractivity contribution in [3.63, 3.8) is 0 Å². The van der Waals surface area contributed by atoms with Crippen LogP contribution in [0.1, 0.15) is 9.67 Å². The predicted molar refractivity (Wildman–Crippen MR) is 107 cm³/mol. The van der Waals surface area contributed by atoms with Crippen molar-refractivity contribution >= 4 is 40.7 Å². The standard InChI is InChI=1S/C18H12ClN5O2S2/c1-26-16(25)13-14(19)21-18(27-13)28-17-23-22-15(11-6-5-9-20-10-11)24(17)12-7-3-2-4-8-12/h2-10H,1H3. The van der Waals surface area contributed by atoms with Crippen molar-refractivity contribution in [2.24, 2.45) is 0 Å². The second-order valence-electron chi connectivity index (χ2n) is 5.41. The first-order valence-electron chi connectivity index (χ1n) is 8.01. The van der Waals surface area contributed by atoms with Crippen LogP contribution in [0.15, 0.2) is 64.4 Å². The average molecular weight is 430 g/mol. The lowest BCUT2D eigenvalue weighted by molar-refractivity contribution is 0.0606. The lowest BCUT2D eigenvalue weighted by atomic mass is 10.2. The molecule has 0 saturated carbocycles. The van der Waals surface area contributed by atoms with E-state index in [0.717, 1.165) is 22.6 Å². The Balaban J connectivity index is 1.78. The van der Waals surface area contributed by atoms with Gasteiger partial charge in [0.1, 0.15) is 0 Å². The number of carbonyl (C=O) groups excluding carboxylic acids is 1. The number of methoxy groups -OCH3 is 1. The van der Waals surface area contributed by atoms with Gasteiger partial charge in [-0.1, -0.05) is 41.1 Å². The average Bonchev–Trinajstić information content (AvgIpc) is 3.32. The molecule has 3 aromatic heterocycles. The van der Waals surface area contributed by atoms with Crippen LogP contribution in [-0.4, -0.2) is 37.8 Å². The van der Waals surface area contributed by atoms with Crippen LogP contribution in [0.25, 0.3) is 17.1 Å². The van der Waals surface area contributed by atoms with E-state index in [2.05, 4.69) is 20.2 Å². The third-order valence-corrected chi connectivity index (χ3v) is 6.11. The zero-order valence-electron chi connectivity index (χ0n) is 14.4. The van der Waals surface area contributed by atoms with E-state index in [9.17, 15) is 4.79 Å². The van der Waals surface area contributed by atoms with Crippen LogP contribution in [-0.2, 0) is 4.74 Å². The van der Waals surface area contributed by atoms with Gasteiger partial charge in [0.05, 0.1) is 7.11 Å². The highest BCUT2D eigenvalue weighted by Crippen LogP contribution is 2.36. The Morgan fingerprint density at radius 2 is 2.00 bits per heavy atom. The summed E-state index contributed by atoms with van der Waals surface area (Å²) in [5.41, 5.74) is 1.72. The molecule has 1 aromatic carbocycles. The Morgan fingerprint density at radius 3 is 2.71 bits per heavy atom. The SMILES string of the molecule is COC(=O)c1sc(Sc2nnc(-c3cccnc3)n2-c2ccccc2)nc1Cl. The molecule has 7 nitrogen and oxygen atoms in total. The van der Waals surface area contributed by atoms with E-state index in [1.807, 2.05) is 47.0 Å². The van der Waals surface area contributed by atoms with Gasteiger partial charge in [0.15, 0.2) is 20.2 Å². The highest BCUT2D eigenvalue weighted by molar-refractivity contribution is 8.00. The zero-order valence-corrected chi connectivity index (χ0v) is 16.8. The molecular weight excluding hydrogens is 418 g/mol. The number of ether oxygens (including phenoxy) is 1. The van der Waals surface area contributed by atoms with E-state index in [1.165, 1.54) is 18.9 Å². The fourth-order valence-corrected chi connectivity index (χ4v) is 4.74. The van der Waals surface area contributed by atoms with Crippen molar-refractivity contribution in [1.82, 2.24) is 24.7 Å². The molecule has 0 amide bonds. The van der Waals surface area contributed by atoms with Gasteiger partial charge in [-0.25, -0.2) is 9.78 Å². The molecule has 0 aliphatic rings. The van der Waals surface area contributed by atoms with Gasteiger partial charge in [-0.2, -0.15) is 0 Å². The van der Waals surface area contributed by atoms with Crippen molar-refractivity contribution < 1.29 is 9.53 Å². The summed E-state index contributed by atoms with van der Waals surface area (Å²) in [5, 5.41) is 9.37. The fraction of sp³-hybridized carbons (Fsp3) is 0.0556. The maximum atomic E-state index is 11.8. The minimum atomic E-state index is -0.519. The summed E-state index contributed by atoms with van der Waals surface area (Å²) in [7, 11) is 1.30. The molecule has 0 aliphatic heterocycles. The van der Waals surface area contributed by atoms with E-state index in [-0.39, 0.29) is 10.0 Å². The second-order valence-corrected chi connectivity index (χ2v) is 7.98. The molecule has 10 heteroatoms. The van der Waals surface area contributed by atoms with Crippen LogP contribution < -0.4 is 0 Å². The van der Waals surface area contributed by atoms with Crippen LogP contribution in [0.3, 0.4) is 0 Å². The minimum absolute atomic E-state index is 0.109. The van der Waals surface area contributed by atoms with Crippen LogP contribution >= 0.6 is 34.7 Å². The van der Waals surface area contributed by atoms with E-state index in [4.69, 9.17) is 16.3 Å². The summed E-state index contributed by atoms with van der Waals surface area (Å²) in [6, 6.07) is 13.5. The number of benzene rings is 1. The molecular formula is C18H12ClN5O2S2. The smallest absolute Gasteiger partial charge is 0.351 e. The van der Waals surface area contributed by atoms with Gasteiger partial charge in [0.25, 0.3) is 0 Å². The van der Waals surface area contributed by atoms with E-state index < -0.39 is 5.97 Å². The van der Waals surface area contributed by atoms with E-state index >= 15 is 0 Å². The van der Waals surface area contributed by atoms with Gasteiger partial charge >= 0.3 is 5.97 Å². The molecule has 0 atom stereocenters. The van der Waals surface area contributed by atoms with Crippen LogP contribution in [0.5, 0.6) is 0 Å². The highest BCUT2D eigenvalue weighted by atomic mass is 35.5. The van der Waals surface area contributed by atoms with Crippen LogP contribution in [0, 0.1) is 0 Å². The Kier molecular flexibility index (Phi) is 5.38. The molecule has 4 rings (SSSR count). The monoisotopic (exact) mass is 429 g/mol. The number of para-hydroxylation sites is 1. The normalized spacial score (nSPS) is 10.8. The first-order valence-corrected chi connectivity index (χ1v) is 10.0. The lowest BCUT2D eigenvalue weighted by Gasteiger charge is -2.09. The maximum absolute atomic E-state index is 11.8. The minimum Gasteiger partial charge on any atom is -0.465 e. The van der Waals surface area contributed by atoms with Gasteiger partial charge in [0, 0.05) is 23.6 Å². The third kappa shape index (κ3) is 3.64. The van der Waals surface area contributed by atoms with Gasteiger partial charge in [-0.3, -0.25) is 9.55 Å². The van der Waals surface area contributed by atoms with Crippen LogP contribution in [0.4, 0.5) is 0 Å². The third-order valence-electron chi connectivity index (χ3n) is 3.68. The molecule has 140 valence electrons. The summed E-state index contributed by atoms with van der Waals surface area (Å²) < 4.78 is 7.21. The molecule has 0 radical (unpaired) electrons. The summed E-state index contributed by atoms with van der Waals surface area (Å²) in [5.74, 6) is 0.132. The number of carbonyl (C=O) groups is 1. The number of pyridine rings is 1. The molecule has 3 heterocycles. The molecule has 4 aromatic rings. The second kappa shape index (κ2) is 8.09. The Labute approximate surface area is 173 Å². The number of halogens is 1. The Morgan fingerprint density at radius 1 is 1.18 bits per heavy atom. The van der Waals surface area contributed by atoms with Crippen molar-refractivity contribution in [1.29, 1.82) is 0 Å². The largest absolute Gasteiger partial charge is 0.465 e.